The van der Waals surface area contributed by atoms with Crippen LogP contribution in [0, 0.1) is 6.92 Å². The fraction of sp³-hybridized carbons (Fsp3) is 0.381. The van der Waals surface area contributed by atoms with Crippen LogP contribution in [0.4, 0.5) is 0 Å². The standard InChI is InChI=1S/C21H25N5O/c1-14-19-17(21(27)26-11-9-16(22-2)10-12-26)13-18(15-7-5-4-6-8-15)23-20(19)25(3)24-14/h4-8,13,16,22H,9-12H2,1-3H3. The van der Waals surface area contributed by atoms with Crippen LogP contribution in [0.25, 0.3) is 22.3 Å². The van der Waals surface area contributed by atoms with E-state index in [-0.39, 0.29) is 5.91 Å². The van der Waals surface area contributed by atoms with Gasteiger partial charge in [-0.05, 0) is 32.9 Å². The topological polar surface area (TPSA) is 63.1 Å². The van der Waals surface area contributed by atoms with E-state index in [0.29, 0.717) is 11.6 Å². The van der Waals surface area contributed by atoms with Crippen LogP contribution in [0.2, 0.25) is 0 Å². The summed E-state index contributed by atoms with van der Waals surface area (Å²) in [5, 5.41) is 8.69. The monoisotopic (exact) mass is 363 g/mol. The molecule has 0 bridgehead atoms. The van der Waals surface area contributed by atoms with Gasteiger partial charge in [0.15, 0.2) is 5.65 Å². The molecular weight excluding hydrogens is 338 g/mol. The lowest BCUT2D eigenvalue weighted by atomic mass is 10.0. The number of carbonyl (C=O) groups is 1. The number of piperidine rings is 1. The zero-order valence-corrected chi connectivity index (χ0v) is 16.1. The molecule has 1 aliphatic rings. The molecule has 6 heteroatoms. The third-order valence-corrected chi connectivity index (χ3v) is 5.46. The smallest absolute Gasteiger partial charge is 0.254 e. The van der Waals surface area contributed by atoms with Crippen molar-refractivity contribution in [2.24, 2.45) is 7.05 Å². The highest BCUT2D eigenvalue weighted by Gasteiger charge is 2.26. The lowest BCUT2D eigenvalue weighted by molar-refractivity contribution is 0.0709. The first-order chi connectivity index (χ1) is 13.1. The molecule has 1 amide bonds. The Hall–Kier alpha value is -2.73. The number of hydrogen-bond donors (Lipinski definition) is 1. The third-order valence-electron chi connectivity index (χ3n) is 5.46. The van der Waals surface area contributed by atoms with Gasteiger partial charge in [-0.2, -0.15) is 5.10 Å². The number of pyridine rings is 1. The van der Waals surface area contributed by atoms with Crippen molar-refractivity contribution in [2.45, 2.75) is 25.8 Å². The van der Waals surface area contributed by atoms with Gasteiger partial charge in [0.25, 0.3) is 5.91 Å². The molecule has 1 fully saturated rings. The molecule has 27 heavy (non-hydrogen) atoms. The van der Waals surface area contributed by atoms with Crippen LogP contribution in [0.3, 0.4) is 0 Å². The molecule has 1 aliphatic heterocycles. The van der Waals surface area contributed by atoms with Gasteiger partial charge in [-0.3, -0.25) is 9.48 Å². The molecule has 0 atom stereocenters. The third kappa shape index (κ3) is 3.21. The predicted octanol–water partition coefficient (Wildman–Crippen LogP) is 2.77. The van der Waals surface area contributed by atoms with Crippen LogP contribution in [0.15, 0.2) is 36.4 Å². The summed E-state index contributed by atoms with van der Waals surface area (Å²) >= 11 is 0. The van der Waals surface area contributed by atoms with Gasteiger partial charge in [-0.15, -0.1) is 0 Å². The number of fused-ring (bicyclic) bond motifs is 1. The molecule has 4 rings (SSSR count). The average Bonchev–Trinajstić information content (AvgIpc) is 3.01. The summed E-state index contributed by atoms with van der Waals surface area (Å²) in [5.41, 5.74) is 4.10. The average molecular weight is 363 g/mol. The molecule has 0 radical (unpaired) electrons. The van der Waals surface area contributed by atoms with Crippen LogP contribution in [0.1, 0.15) is 28.9 Å². The SMILES string of the molecule is CNC1CCN(C(=O)c2cc(-c3ccccc3)nc3c2c(C)nn3C)CC1. The van der Waals surface area contributed by atoms with Crippen molar-refractivity contribution in [1.82, 2.24) is 25.0 Å². The second-order valence-electron chi connectivity index (χ2n) is 7.18. The molecule has 0 spiro atoms. The second kappa shape index (κ2) is 7.12. The lowest BCUT2D eigenvalue weighted by Crippen LogP contribution is -2.44. The van der Waals surface area contributed by atoms with E-state index in [0.717, 1.165) is 53.9 Å². The van der Waals surface area contributed by atoms with Crippen LogP contribution < -0.4 is 5.32 Å². The molecule has 1 saturated heterocycles. The number of benzene rings is 1. The van der Waals surface area contributed by atoms with Gasteiger partial charge >= 0.3 is 0 Å². The summed E-state index contributed by atoms with van der Waals surface area (Å²) in [5.74, 6) is 0.0743. The van der Waals surface area contributed by atoms with E-state index < -0.39 is 0 Å². The highest BCUT2D eigenvalue weighted by molar-refractivity contribution is 6.07. The highest BCUT2D eigenvalue weighted by atomic mass is 16.2. The molecule has 0 aliphatic carbocycles. The van der Waals surface area contributed by atoms with Crippen molar-refractivity contribution in [3.63, 3.8) is 0 Å². The Labute approximate surface area is 159 Å². The van der Waals surface area contributed by atoms with Gasteiger partial charge in [0.2, 0.25) is 0 Å². The maximum absolute atomic E-state index is 13.4. The Morgan fingerprint density at radius 2 is 1.89 bits per heavy atom. The van der Waals surface area contributed by atoms with Crippen molar-refractivity contribution >= 4 is 16.9 Å². The summed E-state index contributed by atoms with van der Waals surface area (Å²) in [6, 6.07) is 12.4. The lowest BCUT2D eigenvalue weighted by Gasteiger charge is -2.32. The molecule has 0 saturated carbocycles. The summed E-state index contributed by atoms with van der Waals surface area (Å²) in [6.07, 6.45) is 1.96. The van der Waals surface area contributed by atoms with E-state index in [1.165, 1.54) is 0 Å². The number of nitrogens with one attached hydrogen (secondary N) is 1. The minimum Gasteiger partial charge on any atom is -0.339 e. The Balaban J connectivity index is 1.80. The van der Waals surface area contributed by atoms with E-state index in [9.17, 15) is 4.79 Å². The van der Waals surface area contributed by atoms with Crippen LogP contribution in [-0.4, -0.2) is 51.8 Å². The van der Waals surface area contributed by atoms with E-state index >= 15 is 0 Å². The van der Waals surface area contributed by atoms with E-state index in [1.807, 2.05) is 62.3 Å². The summed E-state index contributed by atoms with van der Waals surface area (Å²) in [6.45, 7) is 3.48. The second-order valence-corrected chi connectivity index (χ2v) is 7.18. The Bertz CT molecular complexity index is 971. The molecule has 3 heterocycles. The van der Waals surface area contributed by atoms with E-state index in [2.05, 4.69) is 10.4 Å². The fourth-order valence-electron chi connectivity index (χ4n) is 3.91. The van der Waals surface area contributed by atoms with E-state index in [1.54, 1.807) is 4.68 Å². The first kappa shape index (κ1) is 17.7. The fourth-order valence-corrected chi connectivity index (χ4v) is 3.91. The highest BCUT2D eigenvalue weighted by Crippen LogP contribution is 2.28. The first-order valence-electron chi connectivity index (χ1n) is 9.45. The zero-order valence-electron chi connectivity index (χ0n) is 16.1. The van der Waals surface area contributed by atoms with Crippen molar-refractivity contribution in [3.05, 3.63) is 47.7 Å². The molecule has 0 unspecified atom stereocenters. The number of hydrogen-bond acceptors (Lipinski definition) is 4. The maximum Gasteiger partial charge on any atom is 0.254 e. The Morgan fingerprint density at radius 3 is 2.56 bits per heavy atom. The molecule has 2 aromatic heterocycles. The molecule has 6 nitrogen and oxygen atoms in total. The predicted molar refractivity (Wildman–Crippen MR) is 107 cm³/mol. The summed E-state index contributed by atoms with van der Waals surface area (Å²) < 4.78 is 1.77. The number of aryl methyl sites for hydroxylation is 2. The number of rotatable bonds is 3. The number of amides is 1. The Morgan fingerprint density at radius 1 is 1.19 bits per heavy atom. The van der Waals surface area contributed by atoms with Crippen LogP contribution >= 0.6 is 0 Å². The Kier molecular flexibility index (Phi) is 4.66. The van der Waals surface area contributed by atoms with Crippen molar-refractivity contribution in [1.29, 1.82) is 0 Å². The molecule has 1 N–H and O–H groups in total. The molecule has 3 aromatic rings. The zero-order chi connectivity index (χ0) is 19.0. The van der Waals surface area contributed by atoms with Crippen LogP contribution in [0.5, 0.6) is 0 Å². The van der Waals surface area contributed by atoms with Crippen molar-refractivity contribution in [3.8, 4) is 11.3 Å². The molecular formula is C21H25N5O. The van der Waals surface area contributed by atoms with Gasteiger partial charge in [0.05, 0.1) is 22.3 Å². The normalized spacial score (nSPS) is 15.4. The van der Waals surface area contributed by atoms with Gasteiger partial charge in [0.1, 0.15) is 0 Å². The van der Waals surface area contributed by atoms with Gasteiger partial charge < -0.3 is 10.2 Å². The van der Waals surface area contributed by atoms with E-state index in [4.69, 9.17) is 4.98 Å². The molecule has 140 valence electrons. The number of aromatic nitrogens is 3. The molecule has 1 aromatic carbocycles. The number of carbonyl (C=O) groups excluding carboxylic acids is 1. The first-order valence-corrected chi connectivity index (χ1v) is 9.45. The largest absolute Gasteiger partial charge is 0.339 e. The summed E-state index contributed by atoms with van der Waals surface area (Å²) in [4.78, 5) is 20.2. The minimum atomic E-state index is 0.0743. The van der Waals surface area contributed by atoms with Crippen molar-refractivity contribution < 1.29 is 4.79 Å². The summed E-state index contributed by atoms with van der Waals surface area (Å²) in [7, 11) is 3.86. The minimum absolute atomic E-state index is 0.0743. The number of nitrogens with zero attached hydrogens (tertiary/aromatic N) is 4. The maximum atomic E-state index is 13.4. The van der Waals surface area contributed by atoms with Crippen molar-refractivity contribution in [2.75, 3.05) is 20.1 Å². The van der Waals surface area contributed by atoms with Crippen LogP contribution in [-0.2, 0) is 7.05 Å². The van der Waals surface area contributed by atoms with Gasteiger partial charge in [0, 0.05) is 31.7 Å². The van der Waals surface area contributed by atoms with Gasteiger partial charge in [-0.25, -0.2) is 4.98 Å². The quantitative estimate of drug-likeness (QED) is 0.777. The number of likely N-dealkylation sites (tertiary alicyclic amines) is 1. The van der Waals surface area contributed by atoms with Gasteiger partial charge in [-0.1, -0.05) is 30.3 Å².